The summed E-state index contributed by atoms with van der Waals surface area (Å²) < 4.78 is 8.40. The van der Waals surface area contributed by atoms with E-state index in [1.54, 1.807) is 0 Å². The molecule has 1 aliphatic rings. The first-order valence-corrected chi connectivity index (χ1v) is 10.2. The van der Waals surface area contributed by atoms with E-state index in [0.29, 0.717) is 6.61 Å². The van der Waals surface area contributed by atoms with Gasteiger partial charge in [-0.25, -0.2) is 4.98 Å². The molecule has 5 nitrogen and oxygen atoms in total. The van der Waals surface area contributed by atoms with Crippen LogP contribution >= 0.6 is 0 Å². The van der Waals surface area contributed by atoms with Gasteiger partial charge in [-0.05, 0) is 24.1 Å². The molecule has 2 heterocycles. The Bertz CT molecular complexity index is 1170. The van der Waals surface area contributed by atoms with Crippen LogP contribution in [0, 0.1) is 6.92 Å². The lowest BCUT2D eigenvalue weighted by Crippen LogP contribution is -2.37. The normalized spacial score (nSPS) is 20.7. The number of nitrogens with one attached hydrogen (secondary N) is 1. The maximum absolute atomic E-state index is 11.3. The number of imidazole rings is 1. The Balaban J connectivity index is 1.60. The van der Waals surface area contributed by atoms with Gasteiger partial charge >= 0.3 is 0 Å². The standard InChI is InChI=1S/C25H25N3O2/c1-16-26-23-20(28(16)2)14-13-19-22(23)27-21(18-11-7-4-8-12-18)24(29)25(19)30-15-17-9-5-3-6-10-17/h3-14,21,24-25,27,29H,15H2,1-2H3/t21-,24-,25-/m1/s1. The fourth-order valence-corrected chi connectivity index (χ4v) is 4.27. The van der Waals surface area contributed by atoms with Gasteiger partial charge in [0.1, 0.15) is 23.5 Å². The van der Waals surface area contributed by atoms with Gasteiger partial charge in [0.15, 0.2) is 0 Å². The zero-order valence-electron chi connectivity index (χ0n) is 17.1. The Labute approximate surface area is 176 Å². The van der Waals surface area contributed by atoms with E-state index in [2.05, 4.69) is 16.0 Å². The number of hydrogen-bond acceptors (Lipinski definition) is 4. The van der Waals surface area contributed by atoms with Gasteiger partial charge in [-0.2, -0.15) is 0 Å². The molecule has 3 aromatic carbocycles. The average molecular weight is 399 g/mol. The monoisotopic (exact) mass is 399 g/mol. The van der Waals surface area contributed by atoms with Crippen LogP contribution in [-0.2, 0) is 18.4 Å². The molecular weight excluding hydrogens is 374 g/mol. The van der Waals surface area contributed by atoms with E-state index >= 15 is 0 Å². The molecule has 30 heavy (non-hydrogen) atoms. The minimum atomic E-state index is -0.731. The second-order valence-corrected chi connectivity index (χ2v) is 7.86. The van der Waals surface area contributed by atoms with Crippen molar-refractivity contribution in [2.45, 2.75) is 31.8 Å². The highest BCUT2D eigenvalue weighted by Gasteiger charge is 2.38. The second kappa shape index (κ2) is 7.59. The van der Waals surface area contributed by atoms with Gasteiger partial charge in [0.05, 0.1) is 23.9 Å². The number of aliphatic hydroxyl groups is 1. The minimum absolute atomic E-state index is 0.285. The summed E-state index contributed by atoms with van der Waals surface area (Å²) in [4.78, 5) is 4.80. The van der Waals surface area contributed by atoms with E-state index in [9.17, 15) is 5.11 Å². The maximum Gasteiger partial charge on any atom is 0.113 e. The van der Waals surface area contributed by atoms with E-state index in [1.165, 1.54) is 0 Å². The van der Waals surface area contributed by atoms with Gasteiger partial charge in [-0.1, -0.05) is 66.7 Å². The number of anilines is 1. The number of rotatable bonds is 4. The Kier molecular flexibility index (Phi) is 4.77. The van der Waals surface area contributed by atoms with Gasteiger partial charge in [-0.3, -0.25) is 0 Å². The van der Waals surface area contributed by atoms with Crippen LogP contribution in [0.4, 0.5) is 5.69 Å². The molecule has 0 fully saturated rings. The van der Waals surface area contributed by atoms with E-state index in [0.717, 1.165) is 39.2 Å². The molecule has 1 aromatic heterocycles. The average Bonchev–Trinajstić information content (AvgIpc) is 3.08. The lowest BCUT2D eigenvalue weighted by atomic mass is 9.88. The summed E-state index contributed by atoms with van der Waals surface area (Å²) in [6.45, 7) is 2.44. The maximum atomic E-state index is 11.3. The Morgan fingerprint density at radius 2 is 1.70 bits per heavy atom. The van der Waals surface area contributed by atoms with Crippen molar-refractivity contribution in [3.05, 3.63) is 95.3 Å². The molecule has 0 saturated carbocycles. The summed E-state index contributed by atoms with van der Waals surface area (Å²) >= 11 is 0. The molecule has 0 radical (unpaired) electrons. The third-order valence-electron chi connectivity index (χ3n) is 6.00. The van der Waals surface area contributed by atoms with Crippen LogP contribution in [0.3, 0.4) is 0 Å². The number of nitrogens with zero attached hydrogens (tertiary/aromatic N) is 2. The quantitative estimate of drug-likeness (QED) is 0.524. The third-order valence-corrected chi connectivity index (χ3v) is 6.00. The van der Waals surface area contributed by atoms with E-state index in [4.69, 9.17) is 9.72 Å². The van der Waals surface area contributed by atoms with Gasteiger partial charge in [-0.15, -0.1) is 0 Å². The van der Waals surface area contributed by atoms with Crippen LogP contribution in [0.25, 0.3) is 11.0 Å². The van der Waals surface area contributed by atoms with E-state index < -0.39 is 12.2 Å². The molecule has 0 bridgehead atoms. The molecule has 4 aromatic rings. The van der Waals surface area contributed by atoms with Crippen molar-refractivity contribution < 1.29 is 9.84 Å². The number of aliphatic hydroxyl groups excluding tert-OH is 1. The summed E-state index contributed by atoms with van der Waals surface area (Å²) in [6.07, 6.45) is -1.19. The van der Waals surface area contributed by atoms with Gasteiger partial charge in [0.25, 0.3) is 0 Å². The molecule has 5 rings (SSSR count). The number of ether oxygens (including phenoxy) is 1. The summed E-state index contributed by atoms with van der Waals surface area (Å²) in [5, 5.41) is 14.9. The van der Waals surface area contributed by atoms with Crippen LogP contribution in [0.1, 0.15) is 34.7 Å². The summed E-state index contributed by atoms with van der Waals surface area (Å²) in [5.41, 5.74) is 5.95. The number of aromatic nitrogens is 2. The predicted molar refractivity (Wildman–Crippen MR) is 118 cm³/mol. The van der Waals surface area contributed by atoms with Gasteiger partial charge < -0.3 is 19.7 Å². The van der Waals surface area contributed by atoms with Crippen molar-refractivity contribution in [3.8, 4) is 0 Å². The van der Waals surface area contributed by atoms with Gasteiger partial charge in [0, 0.05) is 12.6 Å². The van der Waals surface area contributed by atoms with Crippen molar-refractivity contribution in [3.63, 3.8) is 0 Å². The van der Waals surface area contributed by atoms with Crippen LogP contribution in [0.5, 0.6) is 0 Å². The molecule has 0 aliphatic carbocycles. The fraction of sp³-hybridized carbons (Fsp3) is 0.240. The molecule has 0 unspecified atom stereocenters. The predicted octanol–water partition coefficient (Wildman–Crippen LogP) is 4.67. The van der Waals surface area contributed by atoms with Crippen LogP contribution < -0.4 is 5.32 Å². The number of fused-ring (bicyclic) bond motifs is 3. The lowest BCUT2D eigenvalue weighted by molar-refractivity contribution is -0.0588. The topological polar surface area (TPSA) is 59.3 Å². The van der Waals surface area contributed by atoms with E-state index in [1.807, 2.05) is 80.7 Å². The van der Waals surface area contributed by atoms with Crippen molar-refractivity contribution in [2.75, 3.05) is 5.32 Å². The van der Waals surface area contributed by atoms with Crippen LogP contribution in [0.2, 0.25) is 0 Å². The number of aryl methyl sites for hydroxylation is 2. The zero-order valence-corrected chi connectivity index (χ0v) is 17.1. The Hall–Kier alpha value is -3.15. The Morgan fingerprint density at radius 1 is 1.00 bits per heavy atom. The summed E-state index contributed by atoms with van der Waals surface area (Å²) in [6, 6.07) is 23.9. The fourth-order valence-electron chi connectivity index (χ4n) is 4.27. The molecule has 0 saturated heterocycles. The molecule has 0 spiro atoms. The highest BCUT2D eigenvalue weighted by atomic mass is 16.5. The number of benzene rings is 3. The molecular formula is C25H25N3O2. The van der Waals surface area contributed by atoms with Crippen molar-refractivity contribution in [1.82, 2.24) is 9.55 Å². The number of hydrogen-bond donors (Lipinski definition) is 2. The molecule has 5 heteroatoms. The second-order valence-electron chi connectivity index (χ2n) is 7.86. The van der Waals surface area contributed by atoms with Crippen molar-refractivity contribution >= 4 is 16.7 Å². The van der Waals surface area contributed by atoms with Crippen molar-refractivity contribution in [2.24, 2.45) is 7.05 Å². The third kappa shape index (κ3) is 3.16. The highest BCUT2D eigenvalue weighted by molar-refractivity contribution is 5.92. The lowest BCUT2D eigenvalue weighted by Gasteiger charge is -2.38. The minimum Gasteiger partial charge on any atom is -0.388 e. The smallest absolute Gasteiger partial charge is 0.113 e. The first-order chi connectivity index (χ1) is 14.6. The van der Waals surface area contributed by atoms with Crippen molar-refractivity contribution in [1.29, 1.82) is 0 Å². The molecule has 3 atom stereocenters. The summed E-state index contributed by atoms with van der Waals surface area (Å²) in [7, 11) is 2.02. The van der Waals surface area contributed by atoms with Gasteiger partial charge in [0.2, 0.25) is 0 Å². The molecule has 152 valence electrons. The Morgan fingerprint density at radius 3 is 2.43 bits per heavy atom. The summed E-state index contributed by atoms with van der Waals surface area (Å²) in [5.74, 6) is 0.948. The van der Waals surface area contributed by atoms with E-state index in [-0.39, 0.29) is 6.04 Å². The van der Waals surface area contributed by atoms with Crippen LogP contribution in [-0.4, -0.2) is 20.8 Å². The highest BCUT2D eigenvalue weighted by Crippen LogP contribution is 2.44. The molecule has 2 N–H and O–H groups in total. The zero-order chi connectivity index (χ0) is 20.7. The largest absolute Gasteiger partial charge is 0.388 e. The molecule has 0 amide bonds. The SMILES string of the molecule is Cc1nc2c3c(ccc2n1C)[C@@H](OCc1ccccc1)[C@H](O)[C@@H](c1ccccc1)N3. The first-order valence-electron chi connectivity index (χ1n) is 10.2. The van der Waals surface area contributed by atoms with Crippen LogP contribution in [0.15, 0.2) is 72.8 Å². The first kappa shape index (κ1) is 18.9. The molecule has 1 aliphatic heterocycles.